The van der Waals surface area contributed by atoms with E-state index in [9.17, 15) is 4.79 Å². The molecule has 0 aliphatic heterocycles. The zero-order valence-electron chi connectivity index (χ0n) is 17.3. The molecule has 0 fully saturated rings. The van der Waals surface area contributed by atoms with Crippen molar-refractivity contribution in [2.24, 2.45) is 5.10 Å². The number of aryl methyl sites for hydroxylation is 1. The molecule has 0 N–H and O–H groups in total. The Labute approximate surface area is 189 Å². The smallest absolute Gasteiger partial charge is 0.282 e. The third-order valence-electron chi connectivity index (χ3n) is 4.93. The lowest BCUT2D eigenvalue weighted by molar-refractivity contribution is 0.468. The highest BCUT2D eigenvalue weighted by molar-refractivity contribution is 7.99. The van der Waals surface area contributed by atoms with Crippen molar-refractivity contribution in [3.8, 4) is 11.4 Å². The Morgan fingerprint density at radius 3 is 2.47 bits per heavy atom. The molecular weight excluding hydrogens is 418 g/mol. The summed E-state index contributed by atoms with van der Waals surface area (Å²) in [6, 6.07) is 28.8. The first-order valence-electron chi connectivity index (χ1n) is 10.1. The lowest BCUT2D eigenvalue weighted by atomic mass is 10.2. The first-order valence-corrected chi connectivity index (χ1v) is 10.9. The van der Waals surface area contributed by atoms with Crippen LogP contribution < -0.4 is 5.56 Å². The van der Waals surface area contributed by atoms with Crippen LogP contribution >= 0.6 is 11.8 Å². The van der Waals surface area contributed by atoms with E-state index in [2.05, 4.69) is 36.3 Å². The minimum absolute atomic E-state index is 0.230. The largest absolute Gasteiger partial charge is 0.448 e. The Bertz CT molecular complexity index is 1470. The van der Waals surface area contributed by atoms with Crippen LogP contribution in [0.5, 0.6) is 0 Å². The van der Waals surface area contributed by atoms with E-state index in [-0.39, 0.29) is 5.56 Å². The summed E-state index contributed by atoms with van der Waals surface area (Å²) in [6.45, 7) is 2.06. The summed E-state index contributed by atoms with van der Waals surface area (Å²) >= 11 is 1.53. The van der Waals surface area contributed by atoms with Crippen LogP contribution in [0.25, 0.3) is 22.3 Å². The molecule has 156 valence electrons. The number of hydrogen-bond donors (Lipinski definition) is 0. The molecule has 3 aromatic carbocycles. The fraction of sp³-hybridized carbons (Fsp3) is 0.0385. The van der Waals surface area contributed by atoms with Gasteiger partial charge in [0.05, 0.1) is 17.1 Å². The van der Waals surface area contributed by atoms with Gasteiger partial charge >= 0.3 is 0 Å². The first kappa shape index (κ1) is 20.0. The van der Waals surface area contributed by atoms with Gasteiger partial charge in [-0.2, -0.15) is 9.78 Å². The molecule has 0 saturated heterocycles. The van der Waals surface area contributed by atoms with E-state index < -0.39 is 0 Å². The van der Waals surface area contributed by atoms with Crippen molar-refractivity contribution in [1.82, 2.24) is 9.66 Å². The molecular formula is C26H19N3O2S. The van der Waals surface area contributed by atoms with E-state index in [1.807, 2.05) is 60.7 Å². The van der Waals surface area contributed by atoms with Crippen LogP contribution in [0, 0.1) is 6.92 Å². The van der Waals surface area contributed by atoms with Crippen LogP contribution in [0.4, 0.5) is 0 Å². The second-order valence-corrected chi connectivity index (χ2v) is 8.33. The maximum atomic E-state index is 13.2. The van der Waals surface area contributed by atoms with Gasteiger partial charge in [0.2, 0.25) is 0 Å². The maximum absolute atomic E-state index is 13.2. The number of para-hydroxylation sites is 1. The molecule has 6 heteroatoms. The highest BCUT2D eigenvalue weighted by Crippen LogP contribution is 2.29. The molecule has 0 radical (unpaired) electrons. The summed E-state index contributed by atoms with van der Waals surface area (Å²) in [7, 11) is 0. The topological polar surface area (TPSA) is 60.4 Å². The van der Waals surface area contributed by atoms with Gasteiger partial charge < -0.3 is 4.42 Å². The zero-order chi connectivity index (χ0) is 21.9. The van der Waals surface area contributed by atoms with Crippen molar-refractivity contribution in [1.29, 1.82) is 0 Å². The van der Waals surface area contributed by atoms with Crippen LogP contribution in [-0.2, 0) is 0 Å². The van der Waals surface area contributed by atoms with Crippen molar-refractivity contribution < 1.29 is 4.42 Å². The molecule has 2 aromatic heterocycles. The van der Waals surface area contributed by atoms with E-state index in [0.717, 1.165) is 15.6 Å². The van der Waals surface area contributed by atoms with Crippen molar-refractivity contribution in [2.75, 3.05) is 0 Å². The number of rotatable bonds is 5. The van der Waals surface area contributed by atoms with Crippen molar-refractivity contribution >= 4 is 28.9 Å². The molecule has 32 heavy (non-hydrogen) atoms. The van der Waals surface area contributed by atoms with E-state index in [4.69, 9.17) is 9.40 Å². The third kappa shape index (κ3) is 4.13. The minimum atomic E-state index is -0.230. The average Bonchev–Trinajstić information content (AvgIpc) is 3.27. The quantitative estimate of drug-likeness (QED) is 0.317. The summed E-state index contributed by atoms with van der Waals surface area (Å²) in [5.74, 6) is 1.03. The van der Waals surface area contributed by atoms with E-state index in [1.165, 1.54) is 22.0 Å². The van der Waals surface area contributed by atoms with Gasteiger partial charge in [0, 0.05) is 10.5 Å². The van der Waals surface area contributed by atoms with Crippen molar-refractivity contribution in [3.05, 3.63) is 113 Å². The summed E-state index contributed by atoms with van der Waals surface area (Å²) in [5, 5.41) is 5.71. The van der Waals surface area contributed by atoms with Crippen LogP contribution in [0.1, 0.15) is 11.3 Å². The van der Waals surface area contributed by atoms with Crippen LogP contribution in [-0.4, -0.2) is 15.9 Å². The van der Waals surface area contributed by atoms with Crippen LogP contribution in [0.2, 0.25) is 0 Å². The van der Waals surface area contributed by atoms with E-state index >= 15 is 0 Å². The molecule has 2 heterocycles. The standard InChI is InChI=1S/C26H19N3O2S/c1-18-11-14-21(15-12-18)32-24-16-13-20(31-24)17-27-29-25(19-7-3-2-4-8-19)28-23-10-6-5-9-22(23)26(29)30/h2-17H,1H3. The maximum Gasteiger partial charge on any atom is 0.282 e. The Morgan fingerprint density at radius 2 is 1.66 bits per heavy atom. The molecule has 0 saturated carbocycles. The number of benzene rings is 3. The molecule has 0 atom stereocenters. The zero-order valence-corrected chi connectivity index (χ0v) is 18.1. The summed E-state index contributed by atoms with van der Waals surface area (Å²) in [4.78, 5) is 19.0. The van der Waals surface area contributed by atoms with E-state index in [1.54, 1.807) is 12.3 Å². The van der Waals surface area contributed by atoms with Gasteiger partial charge in [-0.1, -0.05) is 71.9 Å². The molecule has 0 aliphatic rings. The Kier molecular flexibility index (Phi) is 5.44. The third-order valence-corrected chi connectivity index (χ3v) is 5.86. The van der Waals surface area contributed by atoms with Gasteiger partial charge in [0.25, 0.3) is 5.56 Å². The van der Waals surface area contributed by atoms with Gasteiger partial charge in [-0.15, -0.1) is 0 Å². The fourth-order valence-electron chi connectivity index (χ4n) is 3.30. The molecule has 0 bridgehead atoms. The van der Waals surface area contributed by atoms with Crippen LogP contribution in [0.3, 0.4) is 0 Å². The summed E-state index contributed by atoms with van der Waals surface area (Å²) in [6.07, 6.45) is 1.55. The van der Waals surface area contributed by atoms with Gasteiger partial charge in [-0.05, 0) is 43.3 Å². The van der Waals surface area contributed by atoms with Gasteiger partial charge in [-0.25, -0.2) is 4.98 Å². The van der Waals surface area contributed by atoms with Crippen molar-refractivity contribution in [2.45, 2.75) is 16.9 Å². The molecule has 0 spiro atoms. The second kappa shape index (κ2) is 8.69. The first-order chi connectivity index (χ1) is 15.7. The molecule has 0 unspecified atom stereocenters. The van der Waals surface area contributed by atoms with Crippen molar-refractivity contribution in [3.63, 3.8) is 0 Å². The van der Waals surface area contributed by atoms with Crippen LogP contribution in [0.15, 0.2) is 115 Å². The minimum Gasteiger partial charge on any atom is -0.448 e. The molecule has 0 aliphatic carbocycles. The molecule has 5 aromatic rings. The Hall–Kier alpha value is -3.90. The Morgan fingerprint density at radius 1 is 0.906 bits per heavy atom. The normalized spacial score (nSPS) is 11.4. The lowest BCUT2D eigenvalue weighted by Gasteiger charge is -2.09. The summed E-state index contributed by atoms with van der Waals surface area (Å²) < 4.78 is 7.22. The van der Waals surface area contributed by atoms with Gasteiger partial charge in [0.1, 0.15) is 5.76 Å². The predicted molar refractivity (Wildman–Crippen MR) is 128 cm³/mol. The lowest BCUT2D eigenvalue weighted by Crippen LogP contribution is -2.20. The fourth-order valence-corrected chi connectivity index (χ4v) is 4.08. The number of fused-ring (bicyclic) bond motifs is 1. The number of nitrogens with zero attached hydrogens (tertiary/aromatic N) is 3. The number of hydrogen-bond acceptors (Lipinski definition) is 5. The van der Waals surface area contributed by atoms with Gasteiger partial charge in [-0.3, -0.25) is 4.79 Å². The SMILES string of the molecule is Cc1ccc(Sc2ccc(C=Nn3c(-c4ccccc4)nc4ccccc4c3=O)o2)cc1. The Balaban J connectivity index is 1.51. The highest BCUT2D eigenvalue weighted by Gasteiger charge is 2.12. The monoisotopic (exact) mass is 437 g/mol. The number of furan rings is 1. The average molecular weight is 438 g/mol. The predicted octanol–water partition coefficient (Wildman–Crippen LogP) is 6.00. The molecule has 5 nitrogen and oxygen atoms in total. The van der Waals surface area contributed by atoms with E-state index in [0.29, 0.717) is 22.5 Å². The highest BCUT2D eigenvalue weighted by atomic mass is 32.2. The molecule has 5 rings (SSSR count). The van der Waals surface area contributed by atoms with Gasteiger partial charge in [0.15, 0.2) is 10.9 Å². The second-order valence-electron chi connectivity index (χ2n) is 7.25. The molecule has 0 amide bonds. The summed E-state index contributed by atoms with van der Waals surface area (Å²) in [5.41, 5.74) is 2.43. The number of aromatic nitrogens is 2.